The van der Waals surface area contributed by atoms with Crippen molar-refractivity contribution in [2.45, 2.75) is 12.8 Å². The van der Waals surface area contributed by atoms with Crippen LogP contribution in [0.5, 0.6) is 0 Å². The lowest BCUT2D eigenvalue weighted by atomic mass is 10.2. The van der Waals surface area contributed by atoms with Crippen LogP contribution in [0.2, 0.25) is 0 Å². The van der Waals surface area contributed by atoms with Gasteiger partial charge in [0.05, 0.1) is 16.8 Å². The van der Waals surface area contributed by atoms with Crippen molar-refractivity contribution in [2.75, 3.05) is 23.4 Å². The fourth-order valence-corrected chi connectivity index (χ4v) is 5.19. The maximum absolute atomic E-state index is 13.3. The average molecular weight is 503 g/mol. The maximum atomic E-state index is 13.3. The van der Waals surface area contributed by atoms with Crippen LogP contribution >= 0.6 is 22.7 Å². The lowest BCUT2D eigenvalue weighted by Crippen LogP contribution is -2.33. The molecular weight excluding hydrogens is 480 g/mol. The SMILES string of the molecule is CN(C(=O)CCCN(C(=O)c1cccs1)c1nc(-c2cc3ccccc3o2)cs1)c1cccnc1. The van der Waals surface area contributed by atoms with Gasteiger partial charge in [0.15, 0.2) is 10.9 Å². The highest BCUT2D eigenvalue weighted by molar-refractivity contribution is 7.14. The first-order chi connectivity index (χ1) is 17.1. The van der Waals surface area contributed by atoms with Gasteiger partial charge in [-0.1, -0.05) is 24.3 Å². The third kappa shape index (κ3) is 5.01. The molecule has 7 nitrogen and oxygen atoms in total. The molecule has 0 saturated carbocycles. The van der Waals surface area contributed by atoms with Crippen LogP contribution in [0.4, 0.5) is 10.8 Å². The van der Waals surface area contributed by atoms with Crippen molar-refractivity contribution in [3.63, 3.8) is 0 Å². The zero-order chi connectivity index (χ0) is 24.2. The van der Waals surface area contributed by atoms with Crippen molar-refractivity contribution in [2.24, 2.45) is 0 Å². The molecule has 9 heteroatoms. The van der Waals surface area contributed by atoms with Gasteiger partial charge in [0.1, 0.15) is 11.3 Å². The molecule has 0 radical (unpaired) electrons. The molecule has 0 atom stereocenters. The fraction of sp³-hybridized carbons (Fsp3) is 0.154. The second-order valence-corrected chi connectivity index (χ2v) is 9.65. The molecule has 0 spiro atoms. The summed E-state index contributed by atoms with van der Waals surface area (Å²) < 4.78 is 5.95. The van der Waals surface area contributed by atoms with E-state index in [0.29, 0.717) is 40.8 Å². The Balaban J connectivity index is 1.33. The van der Waals surface area contributed by atoms with E-state index in [4.69, 9.17) is 9.40 Å². The monoisotopic (exact) mass is 502 g/mol. The molecule has 0 bridgehead atoms. The molecule has 0 unspecified atom stereocenters. The van der Waals surface area contributed by atoms with Crippen molar-refractivity contribution in [3.8, 4) is 11.5 Å². The summed E-state index contributed by atoms with van der Waals surface area (Å²) in [5, 5.41) is 5.34. The van der Waals surface area contributed by atoms with Gasteiger partial charge < -0.3 is 9.32 Å². The summed E-state index contributed by atoms with van der Waals surface area (Å²) in [6.45, 7) is 0.371. The van der Waals surface area contributed by atoms with Crippen LogP contribution in [0.3, 0.4) is 0 Å². The second-order valence-electron chi connectivity index (χ2n) is 7.87. The smallest absolute Gasteiger partial charge is 0.270 e. The number of benzene rings is 1. The van der Waals surface area contributed by atoms with Crippen LogP contribution in [0.1, 0.15) is 22.5 Å². The van der Waals surface area contributed by atoms with E-state index in [1.54, 1.807) is 41.4 Å². The normalized spacial score (nSPS) is 11.0. The first-order valence-corrected chi connectivity index (χ1v) is 12.8. The standard InChI is InChI=1S/C26H22N4O3S2/c1-29(19-8-4-12-27-16-19)24(31)11-5-13-30(25(32)23-10-6-14-34-23)26-28-20(17-35-26)22-15-18-7-2-3-9-21(18)33-22/h2-4,6-10,12,14-17H,5,11,13H2,1H3. The molecule has 2 amide bonds. The van der Waals surface area contributed by atoms with E-state index < -0.39 is 0 Å². The Morgan fingerprint density at radius 1 is 1.06 bits per heavy atom. The molecule has 4 aromatic heterocycles. The molecule has 35 heavy (non-hydrogen) atoms. The third-order valence-corrected chi connectivity index (χ3v) is 7.28. The summed E-state index contributed by atoms with van der Waals surface area (Å²) >= 11 is 2.77. The zero-order valence-electron chi connectivity index (χ0n) is 19.0. The number of hydrogen-bond acceptors (Lipinski definition) is 7. The summed E-state index contributed by atoms with van der Waals surface area (Å²) in [5.74, 6) is 0.493. The maximum Gasteiger partial charge on any atom is 0.270 e. The number of furan rings is 1. The van der Waals surface area contributed by atoms with Gasteiger partial charge in [-0.3, -0.25) is 19.5 Å². The number of aromatic nitrogens is 2. The Hall–Kier alpha value is -3.82. The van der Waals surface area contributed by atoms with Crippen molar-refractivity contribution >= 4 is 56.3 Å². The summed E-state index contributed by atoms with van der Waals surface area (Å²) in [6, 6.07) is 17.0. The predicted octanol–water partition coefficient (Wildman–Crippen LogP) is 6.10. The average Bonchev–Trinajstić information content (AvgIpc) is 3.66. The predicted molar refractivity (Wildman–Crippen MR) is 140 cm³/mol. The highest BCUT2D eigenvalue weighted by Crippen LogP contribution is 2.32. The van der Waals surface area contributed by atoms with Gasteiger partial charge >= 0.3 is 0 Å². The van der Waals surface area contributed by atoms with E-state index in [1.807, 2.05) is 53.2 Å². The molecule has 5 rings (SSSR count). The summed E-state index contributed by atoms with van der Waals surface area (Å²) in [6.07, 6.45) is 4.12. The molecule has 0 N–H and O–H groups in total. The Morgan fingerprint density at radius 3 is 2.71 bits per heavy atom. The number of para-hydroxylation sites is 1. The van der Waals surface area contributed by atoms with E-state index in [2.05, 4.69) is 4.98 Å². The summed E-state index contributed by atoms with van der Waals surface area (Å²) in [4.78, 5) is 38.7. The molecule has 5 aromatic rings. The highest BCUT2D eigenvalue weighted by Gasteiger charge is 2.23. The van der Waals surface area contributed by atoms with Crippen LogP contribution in [-0.2, 0) is 4.79 Å². The van der Waals surface area contributed by atoms with Gasteiger partial charge in [-0.25, -0.2) is 4.98 Å². The van der Waals surface area contributed by atoms with E-state index >= 15 is 0 Å². The Labute approximate surface area is 210 Å². The minimum absolute atomic E-state index is 0.0383. The van der Waals surface area contributed by atoms with Crippen LogP contribution in [0.25, 0.3) is 22.4 Å². The second kappa shape index (κ2) is 10.2. The molecule has 4 heterocycles. The number of fused-ring (bicyclic) bond motifs is 1. The van der Waals surface area contributed by atoms with Crippen LogP contribution in [-0.4, -0.2) is 35.4 Å². The van der Waals surface area contributed by atoms with Crippen molar-refractivity contribution in [3.05, 3.63) is 82.6 Å². The highest BCUT2D eigenvalue weighted by atomic mass is 32.1. The van der Waals surface area contributed by atoms with Gasteiger partial charge in [-0.15, -0.1) is 22.7 Å². The molecular formula is C26H22N4O3S2. The van der Waals surface area contributed by atoms with Crippen LogP contribution in [0, 0.1) is 0 Å². The van der Waals surface area contributed by atoms with Crippen LogP contribution in [0.15, 0.2) is 82.2 Å². The van der Waals surface area contributed by atoms with E-state index in [9.17, 15) is 9.59 Å². The first-order valence-electron chi connectivity index (χ1n) is 11.1. The fourth-order valence-electron chi connectivity index (χ4n) is 3.68. The largest absolute Gasteiger partial charge is 0.454 e. The number of carbonyl (C=O) groups excluding carboxylic acids is 2. The number of hydrogen-bond donors (Lipinski definition) is 0. The number of pyridine rings is 1. The molecule has 0 aliphatic rings. The van der Waals surface area contributed by atoms with Crippen molar-refractivity contribution < 1.29 is 14.0 Å². The van der Waals surface area contributed by atoms with E-state index in [-0.39, 0.29) is 11.8 Å². The molecule has 0 saturated heterocycles. The molecule has 1 aromatic carbocycles. The van der Waals surface area contributed by atoms with E-state index in [0.717, 1.165) is 16.7 Å². The Morgan fingerprint density at radius 2 is 1.94 bits per heavy atom. The molecule has 0 aliphatic carbocycles. The number of amides is 2. The zero-order valence-corrected chi connectivity index (χ0v) is 20.6. The van der Waals surface area contributed by atoms with Crippen LogP contribution < -0.4 is 9.80 Å². The van der Waals surface area contributed by atoms with Gasteiger partial charge in [-0.2, -0.15) is 0 Å². The minimum atomic E-state index is -0.126. The summed E-state index contributed by atoms with van der Waals surface area (Å²) in [7, 11) is 1.73. The first kappa shape index (κ1) is 22.9. The molecule has 0 aliphatic heterocycles. The van der Waals surface area contributed by atoms with E-state index in [1.165, 1.54) is 22.7 Å². The van der Waals surface area contributed by atoms with Gasteiger partial charge in [0.25, 0.3) is 5.91 Å². The van der Waals surface area contributed by atoms with Gasteiger partial charge in [-0.05, 0) is 42.1 Å². The van der Waals surface area contributed by atoms with Crippen molar-refractivity contribution in [1.29, 1.82) is 0 Å². The number of rotatable bonds is 8. The molecule has 0 fully saturated rings. The topological polar surface area (TPSA) is 79.5 Å². The number of anilines is 2. The Bertz CT molecular complexity index is 1410. The van der Waals surface area contributed by atoms with Gasteiger partial charge in [0.2, 0.25) is 5.91 Å². The summed E-state index contributed by atoms with van der Waals surface area (Å²) in [5.41, 5.74) is 2.21. The lowest BCUT2D eigenvalue weighted by molar-refractivity contribution is -0.118. The lowest BCUT2D eigenvalue weighted by Gasteiger charge is -2.20. The number of carbonyl (C=O) groups is 2. The quantitative estimate of drug-likeness (QED) is 0.256. The number of thiazole rings is 1. The number of nitrogens with zero attached hydrogens (tertiary/aromatic N) is 4. The van der Waals surface area contributed by atoms with Crippen molar-refractivity contribution in [1.82, 2.24) is 9.97 Å². The minimum Gasteiger partial charge on any atom is -0.454 e. The molecule has 176 valence electrons. The van der Waals surface area contributed by atoms with Gasteiger partial charge in [0, 0.05) is 37.0 Å². The Kier molecular flexibility index (Phi) is 6.69. The third-order valence-electron chi connectivity index (χ3n) is 5.56. The number of thiophene rings is 1.